The van der Waals surface area contributed by atoms with Crippen molar-refractivity contribution < 1.29 is 30.7 Å². The van der Waals surface area contributed by atoms with Crippen molar-refractivity contribution in [1.82, 2.24) is 0 Å². The molecule has 0 nitrogen and oxygen atoms in total. The van der Waals surface area contributed by atoms with Crippen LogP contribution in [0.25, 0.3) is 0 Å². The fourth-order valence-corrected chi connectivity index (χ4v) is 2.06. The second kappa shape index (κ2) is 3.01. The molecule has 1 rings (SSSR count). The van der Waals surface area contributed by atoms with Crippen molar-refractivity contribution in [2.24, 2.45) is 17.8 Å². The van der Waals surface area contributed by atoms with E-state index in [2.05, 4.69) is 0 Å². The molecule has 0 spiro atoms. The number of alkyl halides is 7. The molecule has 7 heteroatoms. The van der Waals surface area contributed by atoms with Gasteiger partial charge in [0.25, 0.3) is 0 Å². The highest BCUT2D eigenvalue weighted by molar-refractivity contribution is 5.06. The summed E-state index contributed by atoms with van der Waals surface area (Å²) in [4.78, 5) is 0. The third kappa shape index (κ3) is 1.50. The Morgan fingerprint density at radius 3 is 1.20 bits per heavy atom. The third-order valence-corrected chi connectivity index (χ3v) is 3.04. The fraction of sp³-hybridized carbons (Fsp3) is 1.00. The van der Waals surface area contributed by atoms with E-state index in [9.17, 15) is 30.7 Å². The molecule has 1 aliphatic rings. The van der Waals surface area contributed by atoms with E-state index in [0.717, 1.165) is 0 Å². The first-order chi connectivity index (χ1) is 6.44. The highest BCUT2D eigenvalue weighted by Crippen LogP contribution is 2.61. The average Bonchev–Trinajstić information content (AvgIpc) is 2.10. The first kappa shape index (κ1) is 12.6. The van der Waals surface area contributed by atoms with Gasteiger partial charge >= 0.3 is 18.0 Å². The van der Waals surface area contributed by atoms with Crippen molar-refractivity contribution in [2.75, 3.05) is 0 Å². The summed E-state index contributed by atoms with van der Waals surface area (Å²) in [6, 6.07) is 0. The van der Waals surface area contributed by atoms with Crippen LogP contribution in [0, 0.1) is 17.8 Å². The van der Waals surface area contributed by atoms with E-state index < -0.39 is 35.8 Å². The van der Waals surface area contributed by atoms with Gasteiger partial charge in [-0.15, -0.1) is 0 Å². The van der Waals surface area contributed by atoms with E-state index in [1.165, 1.54) is 0 Å². The van der Waals surface area contributed by atoms with Gasteiger partial charge in [0, 0.05) is 11.8 Å². The lowest BCUT2D eigenvalue weighted by Crippen LogP contribution is -2.41. The first-order valence-corrected chi connectivity index (χ1v) is 4.26. The summed E-state index contributed by atoms with van der Waals surface area (Å²) in [5.41, 5.74) is 0. The summed E-state index contributed by atoms with van der Waals surface area (Å²) >= 11 is 0. The molecule has 90 valence electrons. The predicted octanol–water partition coefficient (Wildman–Crippen LogP) is 3.72. The van der Waals surface area contributed by atoms with Gasteiger partial charge in [-0.1, -0.05) is 13.8 Å². The summed E-state index contributed by atoms with van der Waals surface area (Å²) in [5, 5.41) is 0. The molecule has 0 saturated heterocycles. The summed E-state index contributed by atoms with van der Waals surface area (Å²) in [6.45, 7) is 1.02. The summed E-state index contributed by atoms with van der Waals surface area (Å²) in [7, 11) is 0. The zero-order valence-electron chi connectivity index (χ0n) is 7.88. The number of rotatable bonds is 0. The van der Waals surface area contributed by atoms with Crippen LogP contribution in [0.3, 0.4) is 0 Å². The zero-order chi connectivity index (χ0) is 12.2. The summed E-state index contributed by atoms with van der Waals surface area (Å²) < 4.78 is 88.4. The molecule has 0 N–H and O–H groups in total. The van der Waals surface area contributed by atoms with Crippen molar-refractivity contribution in [1.29, 1.82) is 0 Å². The lowest BCUT2D eigenvalue weighted by molar-refractivity contribution is -0.216. The van der Waals surface area contributed by atoms with Gasteiger partial charge in [0.2, 0.25) is 0 Å². The summed E-state index contributed by atoms with van der Waals surface area (Å²) in [5.74, 6) is -16.7. The van der Waals surface area contributed by atoms with E-state index in [1.807, 2.05) is 0 Å². The van der Waals surface area contributed by atoms with Gasteiger partial charge in [0.1, 0.15) is 0 Å². The highest BCUT2D eigenvalue weighted by Gasteiger charge is 2.76. The maximum atomic E-state index is 12.9. The van der Waals surface area contributed by atoms with Crippen LogP contribution in [-0.4, -0.2) is 18.0 Å². The van der Waals surface area contributed by atoms with E-state index in [0.29, 0.717) is 13.8 Å². The molecule has 0 aromatic rings. The van der Waals surface area contributed by atoms with Gasteiger partial charge in [0.05, 0.1) is 5.92 Å². The van der Waals surface area contributed by atoms with Crippen LogP contribution in [-0.2, 0) is 0 Å². The van der Waals surface area contributed by atoms with Crippen LogP contribution in [0.4, 0.5) is 30.7 Å². The topological polar surface area (TPSA) is 0 Å². The SMILES string of the molecule is CC1C(C(F)(F)F)C(C)C(F)(F)C1(F)F. The molecule has 1 saturated carbocycles. The minimum Gasteiger partial charge on any atom is -0.200 e. The minimum atomic E-state index is -5.03. The molecule has 15 heavy (non-hydrogen) atoms. The van der Waals surface area contributed by atoms with Gasteiger partial charge in [-0.3, -0.25) is 0 Å². The van der Waals surface area contributed by atoms with Crippen LogP contribution in [0.5, 0.6) is 0 Å². The first-order valence-electron chi connectivity index (χ1n) is 4.26. The van der Waals surface area contributed by atoms with Crippen LogP contribution in [0.15, 0.2) is 0 Å². The zero-order valence-corrected chi connectivity index (χ0v) is 7.88. The molecular formula is C8H9F7. The molecule has 0 radical (unpaired) electrons. The van der Waals surface area contributed by atoms with Gasteiger partial charge in [-0.25, -0.2) is 0 Å². The van der Waals surface area contributed by atoms with E-state index in [1.54, 1.807) is 0 Å². The van der Waals surface area contributed by atoms with Crippen molar-refractivity contribution in [3.05, 3.63) is 0 Å². The normalized spacial score (nSPS) is 39.4. The lowest BCUT2D eigenvalue weighted by atomic mass is 9.90. The third-order valence-electron chi connectivity index (χ3n) is 3.04. The van der Waals surface area contributed by atoms with Gasteiger partial charge in [-0.2, -0.15) is 30.7 Å². The molecule has 0 bridgehead atoms. The van der Waals surface area contributed by atoms with E-state index in [-0.39, 0.29) is 0 Å². The molecule has 0 heterocycles. The Hall–Kier alpha value is -0.490. The maximum absolute atomic E-state index is 12.9. The lowest BCUT2D eigenvalue weighted by Gasteiger charge is -2.23. The van der Waals surface area contributed by atoms with Gasteiger partial charge in [-0.05, 0) is 0 Å². The van der Waals surface area contributed by atoms with Crippen molar-refractivity contribution >= 4 is 0 Å². The van der Waals surface area contributed by atoms with E-state index >= 15 is 0 Å². The Kier molecular flexibility index (Phi) is 2.52. The molecule has 0 aromatic heterocycles. The quantitative estimate of drug-likeness (QED) is 0.564. The van der Waals surface area contributed by atoms with Crippen molar-refractivity contribution in [2.45, 2.75) is 31.9 Å². The Labute approximate surface area is 81.4 Å². The molecule has 0 aliphatic heterocycles. The van der Waals surface area contributed by atoms with Crippen LogP contribution in [0.1, 0.15) is 13.8 Å². The minimum absolute atomic E-state index is 0.509. The van der Waals surface area contributed by atoms with Gasteiger partial charge in [0.15, 0.2) is 0 Å². The Morgan fingerprint density at radius 1 is 0.800 bits per heavy atom. The average molecular weight is 238 g/mol. The smallest absolute Gasteiger partial charge is 0.200 e. The number of halogens is 7. The molecule has 2 unspecified atom stereocenters. The second-order valence-electron chi connectivity index (χ2n) is 3.89. The monoisotopic (exact) mass is 238 g/mol. The van der Waals surface area contributed by atoms with E-state index in [4.69, 9.17) is 0 Å². The second-order valence-corrected chi connectivity index (χ2v) is 3.89. The molecule has 1 fully saturated rings. The largest absolute Gasteiger partial charge is 0.392 e. The Balaban J connectivity index is 3.18. The molecule has 1 aliphatic carbocycles. The Bertz CT molecular complexity index is 234. The molecule has 0 aromatic carbocycles. The van der Waals surface area contributed by atoms with Gasteiger partial charge < -0.3 is 0 Å². The number of hydrogen-bond acceptors (Lipinski definition) is 0. The molecular weight excluding hydrogens is 229 g/mol. The molecule has 2 atom stereocenters. The van der Waals surface area contributed by atoms with Crippen LogP contribution >= 0.6 is 0 Å². The standard InChI is InChI=1S/C8H9F7/c1-3-5(8(13,14)15)4(2)7(11,12)6(3,9)10/h3-5H,1-2H3. The van der Waals surface area contributed by atoms with Crippen LogP contribution < -0.4 is 0 Å². The maximum Gasteiger partial charge on any atom is 0.392 e. The highest BCUT2D eigenvalue weighted by atomic mass is 19.4. The summed E-state index contributed by atoms with van der Waals surface area (Å²) in [6.07, 6.45) is -5.03. The molecule has 0 amide bonds. The van der Waals surface area contributed by atoms with Crippen LogP contribution in [0.2, 0.25) is 0 Å². The fourth-order valence-electron chi connectivity index (χ4n) is 2.06. The Morgan fingerprint density at radius 2 is 1.07 bits per heavy atom. The predicted molar refractivity (Wildman–Crippen MR) is 37.8 cm³/mol. The van der Waals surface area contributed by atoms with Crippen molar-refractivity contribution in [3.63, 3.8) is 0 Å². The van der Waals surface area contributed by atoms with Crippen molar-refractivity contribution in [3.8, 4) is 0 Å². The number of hydrogen-bond donors (Lipinski definition) is 0.